The van der Waals surface area contributed by atoms with E-state index < -0.39 is 15.6 Å². The first-order valence-electron chi connectivity index (χ1n) is 12.5. The molecule has 36 heavy (non-hydrogen) atoms. The Morgan fingerprint density at radius 2 is 1.72 bits per heavy atom. The van der Waals surface area contributed by atoms with Crippen LogP contribution in [0.25, 0.3) is 0 Å². The highest BCUT2D eigenvalue weighted by molar-refractivity contribution is 7.89. The van der Waals surface area contributed by atoms with E-state index in [0.717, 1.165) is 5.56 Å². The van der Waals surface area contributed by atoms with Crippen LogP contribution in [-0.2, 0) is 25.2 Å². The van der Waals surface area contributed by atoms with Crippen LogP contribution in [0.3, 0.4) is 0 Å². The average Bonchev–Trinajstić information content (AvgIpc) is 3.34. The molecular weight excluding hydrogens is 480 g/mol. The van der Waals surface area contributed by atoms with Gasteiger partial charge in [0.25, 0.3) is 0 Å². The van der Waals surface area contributed by atoms with E-state index in [9.17, 15) is 18.3 Å². The van der Waals surface area contributed by atoms with Crippen molar-refractivity contribution in [3.63, 3.8) is 0 Å². The van der Waals surface area contributed by atoms with Crippen molar-refractivity contribution >= 4 is 15.9 Å². The van der Waals surface area contributed by atoms with Crippen molar-refractivity contribution in [1.29, 1.82) is 0 Å². The van der Waals surface area contributed by atoms with Gasteiger partial charge in [0.2, 0.25) is 15.9 Å². The maximum atomic E-state index is 13.3. The molecule has 0 aliphatic carbocycles. The van der Waals surface area contributed by atoms with E-state index in [-0.39, 0.29) is 31.6 Å². The number of carbonyl (C=O) groups excluding carboxylic acids is 1. The van der Waals surface area contributed by atoms with Crippen LogP contribution in [0.5, 0.6) is 5.75 Å². The zero-order valence-corrected chi connectivity index (χ0v) is 22.1. The third-order valence-corrected chi connectivity index (χ3v) is 9.47. The largest absolute Gasteiger partial charge is 0.497 e. The van der Waals surface area contributed by atoms with Gasteiger partial charge in [-0.3, -0.25) is 4.79 Å². The lowest BCUT2D eigenvalue weighted by Gasteiger charge is -2.38. The van der Waals surface area contributed by atoms with Crippen LogP contribution in [0, 0.1) is 13.8 Å². The standard InChI is InChI=1S/C27H36N2O6S/c1-20-17-24(34-3)18-21(2)26(20)36(32,33)29-13-9-23(19-29)35-16-10-25(30)28-14-11-27(31,12-15-28)22-7-5-4-6-8-22/h4-8,17-18,23,31H,9-16,19H2,1-3H3. The van der Waals surface area contributed by atoms with Crippen molar-refractivity contribution in [2.24, 2.45) is 0 Å². The molecule has 196 valence electrons. The smallest absolute Gasteiger partial charge is 0.243 e. The van der Waals surface area contributed by atoms with Crippen LogP contribution in [0.15, 0.2) is 47.4 Å². The van der Waals surface area contributed by atoms with Gasteiger partial charge in [-0.15, -0.1) is 0 Å². The Bertz CT molecular complexity index is 1150. The molecule has 2 heterocycles. The van der Waals surface area contributed by atoms with Gasteiger partial charge >= 0.3 is 0 Å². The number of methoxy groups -OCH3 is 1. The molecule has 1 atom stereocenters. The summed E-state index contributed by atoms with van der Waals surface area (Å²) in [5.74, 6) is 0.631. The molecule has 1 N–H and O–H groups in total. The number of aryl methyl sites for hydroxylation is 2. The third-order valence-electron chi connectivity index (χ3n) is 7.30. The number of carbonyl (C=O) groups is 1. The van der Waals surface area contributed by atoms with E-state index in [4.69, 9.17) is 9.47 Å². The third kappa shape index (κ3) is 5.59. The minimum Gasteiger partial charge on any atom is -0.497 e. The molecule has 2 saturated heterocycles. The monoisotopic (exact) mass is 516 g/mol. The van der Waals surface area contributed by atoms with Crippen LogP contribution >= 0.6 is 0 Å². The van der Waals surface area contributed by atoms with Crippen molar-refractivity contribution in [1.82, 2.24) is 9.21 Å². The molecule has 2 aliphatic heterocycles. The topological polar surface area (TPSA) is 96.4 Å². The summed E-state index contributed by atoms with van der Waals surface area (Å²) in [6, 6.07) is 13.1. The molecular formula is C27H36N2O6S. The summed E-state index contributed by atoms with van der Waals surface area (Å²) >= 11 is 0. The Labute approximate surface area is 213 Å². The molecule has 0 radical (unpaired) electrons. The zero-order valence-electron chi connectivity index (χ0n) is 21.3. The fourth-order valence-electron chi connectivity index (χ4n) is 5.25. The Kier molecular flexibility index (Phi) is 8.04. The normalized spacial score (nSPS) is 20.4. The van der Waals surface area contributed by atoms with Gasteiger partial charge in [-0.25, -0.2) is 8.42 Å². The van der Waals surface area contributed by atoms with Gasteiger partial charge in [-0.1, -0.05) is 30.3 Å². The molecule has 0 saturated carbocycles. The number of piperidine rings is 1. The van der Waals surface area contributed by atoms with Gasteiger partial charge in [0.15, 0.2) is 0 Å². The number of ether oxygens (including phenoxy) is 2. The Morgan fingerprint density at radius 1 is 1.08 bits per heavy atom. The number of rotatable bonds is 8. The van der Waals surface area contributed by atoms with Crippen molar-refractivity contribution in [3.8, 4) is 5.75 Å². The van der Waals surface area contributed by atoms with Crippen LogP contribution in [-0.4, -0.2) is 74.6 Å². The molecule has 2 aliphatic rings. The summed E-state index contributed by atoms with van der Waals surface area (Å²) in [4.78, 5) is 14.8. The first kappa shape index (κ1) is 26.6. The second-order valence-corrected chi connectivity index (χ2v) is 11.6. The Balaban J connectivity index is 1.25. The summed E-state index contributed by atoms with van der Waals surface area (Å²) in [5, 5.41) is 11.0. The highest BCUT2D eigenvalue weighted by Crippen LogP contribution is 2.33. The Morgan fingerprint density at radius 3 is 2.33 bits per heavy atom. The van der Waals surface area contributed by atoms with Crippen molar-refractivity contribution < 1.29 is 27.8 Å². The number of sulfonamides is 1. The first-order chi connectivity index (χ1) is 17.1. The number of benzene rings is 2. The predicted molar refractivity (Wildman–Crippen MR) is 136 cm³/mol. The van der Waals surface area contributed by atoms with Gasteiger partial charge in [0.1, 0.15) is 5.75 Å². The lowest BCUT2D eigenvalue weighted by Crippen LogP contribution is -2.45. The minimum absolute atomic E-state index is 0.00271. The molecule has 0 aromatic heterocycles. The summed E-state index contributed by atoms with van der Waals surface area (Å²) < 4.78 is 39.3. The number of nitrogens with zero attached hydrogens (tertiary/aromatic N) is 2. The summed E-state index contributed by atoms with van der Waals surface area (Å²) in [5.41, 5.74) is 1.31. The molecule has 0 bridgehead atoms. The first-order valence-corrected chi connectivity index (χ1v) is 13.9. The van der Waals surface area contributed by atoms with E-state index in [1.165, 1.54) is 4.31 Å². The SMILES string of the molecule is COc1cc(C)c(S(=O)(=O)N2CCC(OCCC(=O)N3CCC(O)(c4ccccc4)CC3)C2)c(C)c1. The van der Waals surface area contributed by atoms with Crippen LogP contribution in [0.1, 0.15) is 42.4 Å². The van der Waals surface area contributed by atoms with Crippen molar-refractivity contribution in [2.75, 3.05) is 39.9 Å². The maximum absolute atomic E-state index is 13.3. The highest BCUT2D eigenvalue weighted by Gasteiger charge is 2.36. The number of aliphatic hydroxyl groups is 1. The molecule has 2 aromatic carbocycles. The fraction of sp³-hybridized carbons (Fsp3) is 0.519. The van der Waals surface area contributed by atoms with E-state index in [1.807, 2.05) is 30.3 Å². The zero-order chi connectivity index (χ0) is 25.9. The molecule has 9 heteroatoms. The van der Waals surface area contributed by atoms with Crippen LogP contribution in [0.2, 0.25) is 0 Å². The van der Waals surface area contributed by atoms with Crippen molar-refractivity contribution in [3.05, 3.63) is 59.2 Å². The van der Waals surface area contributed by atoms with E-state index in [0.29, 0.717) is 60.7 Å². The maximum Gasteiger partial charge on any atom is 0.243 e. The van der Waals surface area contributed by atoms with Crippen LogP contribution < -0.4 is 4.74 Å². The number of amides is 1. The second kappa shape index (κ2) is 10.9. The molecule has 1 amide bonds. The fourth-order valence-corrected chi connectivity index (χ4v) is 7.15. The van der Waals surface area contributed by atoms with Gasteiger partial charge in [0, 0.05) is 26.2 Å². The predicted octanol–water partition coefficient (Wildman–Crippen LogP) is 2.99. The van der Waals surface area contributed by atoms with E-state index >= 15 is 0 Å². The molecule has 0 spiro atoms. The molecule has 8 nitrogen and oxygen atoms in total. The quantitative estimate of drug-likeness (QED) is 0.580. The summed E-state index contributed by atoms with van der Waals surface area (Å²) in [6.45, 7) is 5.46. The van der Waals surface area contributed by atoms with Gasteiger partial charge in [-0.2, -0.15) is 4.31 Å². The van der Waals surface area contributed by atoms with Crippen LogP contribution in [0.4, 0.5) is 0 Å². The van der Waals surface area contributed by atoms with E-state index in [2.05, 4.69) is 0 Å². The lowest BCUT2D eigenvalue weighted by atomic mass is 9.84. The van der Waals surface area contributed by atoms with Crippen molar-refractivity contribution in [2.45, 2.75) is 56.1 Å². The van der Waals surface area contributed by atoms with Gasteiger partial charge in [-0.05, 0) is 61.9 Å². The average molecular weight is 517 g/mol. The molecule has 4 rings (SSSR count). The summed E-state index contributed by atoms with van der Waals surface area (Å²) in [6.07, 6.45) is 1.60. The molecule has 2 fully saturated rings. The summed E-state index contributed by atoms with van der Waals surface area (Å²) in [7, 11) is -2.09. The Hall–Kier alpha value is -2.46. The second-order valence-electron chi connectivity index (χ2n) is 9.76. The van der Waals surface area contributed by atoms with E-state index in [1.54, 1.807) is 38.0 Å². The van der Waals surface area contributed by atoms with Gasteiger partial charge in [0.05, 0.1) is 36.7 Å². The van der Waals surface area contributed by atoms with Gasteiger partial charge < -0.3 is 19.5 Å². The number of hydrogen-bond donors (Lipinski definition) is 1. The minimum atomic E-state index is -3.65. The number of hydrogen-bond acceptors (Lipinski definition) is 6. The number of likely N-dealkylation sites (tertiary alicyclic amines) is 1. The molecule has 2 aromatic rings. The lowest BCUT2D eigenvalue weighted by molar-refractivity contribution is -0.137. The highest BCUT2D eigenvalue weighted by atomic mass is 32.2. The molecule has 1 unspecified atom stereocenters.